The topological polar surface area (TPSA) is 87.1 Å². The lowest BCUT2D eigenvalue weighted by Crippen LogP contribution is -2.65. The predicted molar refractivity (Wildman–Crippen MR) is 55.6 cm³/mol. The summed E-state index contributed by atoms with van der Waals surface area (Å²) in [5, 5.41) is 17.3. The summed E-state index contributed by atoms with van der Waals surface area (Å²) in [4.78, 5) is 23.7. The first-order valence-corrected chi connectivity index (χ1v) is 5.61. The summed E-state index contributed by atoms with van der Waals surface area (Å²) in [6.45, 7) is -0.156. The molecule has 1 amide bonds. The van der Waals surface area contributed by atoms with Crippen molar-refractivity contribution in [3.8, 4) is 0 Å². The SMILES string of the molecule is COC1C(=O)N2C(C(=O)O)=CC(CO)S[C@H]12. The first-order chi connectivity index (χ1) is 7.60. The van der Waals surface area contributed by atoms with Gasteiger partial charge in [-0.2, -0.15) is 0 Å². The van der Waals surface area contributed by atoms with Crippen molar-refractivity contribution in [2.24, 2.45) is 0 Å². The molecular weight excluding hydrogens is 234 g/mol. The van der Waals surface area contributed by atoms with Gasteiger partial charge in [-0.1, -0.05) is 0 Å². The zero-order valence-corrected chi connectivity index (χ0v) is 9.31. The highest BCUT2D eigenvalue weighted by Crippen LogP contribution is 2.41. The number of aliphatic hydroxyl groups is 1. The van der Waals surface area contributed by atoms with Crippen LogP contribution in [0.5, 0.6) is 0 Å². The number of aliphatic carboxylic acids is 1. The average molecular weight is 245 g/mol. The number of amides is 1. The van der Waals surface area contributed by atoms with Crippen molar-refractivity contribution in [2.75, 3.05) is 13.7 Å². The Balaban J connectivity index is 2.28. The molecule has 1 fully saturated rings. The Kier molecular flexibility index (Phi) is 2.92. The van der Waals surface area contributed by atoms with Gasteiger partial charge in [0.05, 0.1) is 11.9 Å². The summed E-state index contributed by atoms with van der Waals surface area (Å²) >= 11 is 1.33. The summed E-state index contributed by atoms with van der Waals surface area (Å²) in [6.07, 6.45) is 0.787. The number of β-lactam (4-membered cyclic amide) rings is 1. The molecule has 0 bridgehead atoms. The third kappa shape index (κ3) is 1.51. The second kappa shape index (κ2) is 4.08. The van der Waals surface area contributed by atoms with Crippen LogP contribution in [-0.2, 0) is 14.3 Å². The number of hydrogen-bond donors (Lipinski definition) is 2. The summed E-state index contributed by atoms with van der Waals surface area (Å²) < 4.78 is 4.97. The van der Waals surface area contributed by atoms with Gasteiger partial charge in [-0.05, 0) is 6.08 Å². The zero-order valence-electron chi connectivity index (χ0n) is 8.49. The van der Waals surface area contributed by atoms with Gasteiger partial charge in [0.1, 0.15) is 11.1 Å². The normalized spacial score (nSPS) is 32.9. The molecule has 2 N–H and O–H groups in total. The molecule has 2 rings (SSSR count). The molecule has 1 saturated heterocycles. The third-order valence-corrected chi connectivity index (χ3v) is 3.94. The highest BCUT2D eigenvalue weighted by atomic mass is 32.2. The second-order valence-electron chi connectivity index (χ2n) is 3.47. The van der Waals surface area contributed by atoms with Gasteiger partial charge in [0.25, 0.3) is 5.91 Å². The number of aliphatic hydroxyl groups excluding tert-OH is 1. The smallest absolute Gasteiger partial charge is 0.352 e. The van der Waals surface area contributed by atoms with Gasteiger partial charge in [0, 0.05) is 7.11 Å². The van der Waals surface area contributed by atoms with Gasteiger partial charge in [-0.3, -0.25) is 9.69 Å². The van der Waals surface area contributed by atoms with Gasteiger partial charge in [-0.25, -0.2) is 4.79 Å². The Morgan fingerprint density at radius 2 is 2.38 bits per heavy atom. The van der Waals surface area contributed by atoms with Crippen molar-refractivity contribution in [1.82, 2.24) is 4.90 Å². The molecular formula is C9H11NO5S. The number of ether oxygens (including phenoxy) is 1. The van der Waals surface area contributed by atoms with Gasteiger partial charge in [0.15, 0.2) is 6.10 Å². The number of methoxy groups -OCH3 is 1. The molecule has 0 spiro atoms. The number of nitrogens with zero attached hydrogens (tertiary/aromatic N) is 1. The first kappa shape index (κ1) is 11.4. The molecule has 0 aromatic carbocycles. The first-order valence-electron chi connectivity index (χ1n) is 4.67. The Morgan fingerprint density at radius 1 is 1.69 bits per heavy atom. The molecule has 6 nitrogen and oxygen atoms in total. The van der Waals surface area contributed by atoms with Gasteiger partial charge in [-0.15, -0.1) is 11.8 Å². The maximum absolute atomic E-state index is 11.6. The summed E-state index contributed by atoms with van der Waals surface area (Å²) in [7, 11) is 1.41. The number of carbonyl (C=O) groups excluding carboxylic acids is 1. The molecule has 0 radical (unpaired) electrons. The van der Waals surface area contributed by atoms with Crippen LogP contribution in [0, 0.1) is 0 Å². The molecule has 7 heteroatoms. The van der Waals surface area contributed by atoms with E-state index in [0.29, 0.717) is 0 Å². The number of thioether (sulfide) groups is 1. The van der Waals surface area contributed by atoms with Crippen molar-refractivity contribution in [1.29, 1.82) is 0 Å². The third-order valence-electron chi connectivity index (χ3n) is 2.56. The van der Waals surface area contributed by atoms with E-state index in [1.165, 1.54) is 29.8 Å². The number of fused-ring (bicyclic) bond motifs is 1. The largest absolute Gasteiger partial charge is 0.477 e. The van der Waals surface area contributed by atoms with Crippen LogP contribution in [0.25, 0.3) is 0 Å². The highest BCUT2D eigenvalue weighted by molar-refractivity contribution is 8.00. The van der Waals surface area contributed by atoms with Gasteiger partial charge >= 0.3 is 5.97 Å². The van der Waals surface area contributed by atoms with E-state index in [9.17, 15) is 9.59 Å². The van der Waals surface area contributed by atoms with E-state index < -0.39 is 12.1 Å². The van der Waals surface area contributed by atoms with Crippen LogP contribution in [0.3, 0.4) is 0 Å². The van der Waals surface area contributed by atoms with Crippen molar-refractivity contribution in [3.63, 3.8) is 0 Å². The molecule has 3 atom stereocenters. The zero-order chi connectivity index (χ0) is 11.9. The van der Waals surface area contributed by atoms with Crippen LogP contribution in [0.1, 0.15) is 0 Å². The summed E-state index contributed by atoms with van der Waals surface area (Å²) in [5.74, 6) is -1.50. The fourth-order valence-electron chi connectivity index (χ4n) is 1.79. The Morgan fingerprint density at radius 3 is 2.88 bits per heavy atom. The minimum absolute atomic E-state index is 0.0684. The van der Waals surface area contributed by atoms with E-state index in [-0.39, 0.29) is 28.8 Å². The van der Waals surface area contributed by atoms with E-state index >= 15 is 0 Å². The molecule has 0 aromatic heterocycles. The average Bonchev–Trinajstić information content (AvgIpc) is 2.27. The molecule has 0 aromatic rings. The van der Waals surface area contributed by atoms with Crippen LogP contribution in [0.15, 0.2) is 11.8 Å². The van der Waals surface area contributed by atoms with E-state index in [1.54, 1.807) is 0 Å². The molecule has 16 heavy (non-hydrogen) atoms. The quantitative estimate of drug-likeness (QED) is 0.636. The van der Waals surface area contributed by atoms with Crippen molar-refractivity contribution < 1.29 is 24.5 Å². The van der Waals surface area contributed by atoms with Crippen LogP contribution in [0.4, 0.5) is 0 Å². The maximum atomic E-state index is 11.6. The van der Waals surface area contributed by atoms with E-state index in [2.05, 4.69) is 0 Å². The van der Waals surface area contributed by atoms with Crippen LogP contribution >= 0.6 is 11.8 Å². The fraction of sp³-hybridized carbons (Fsp3) is 0.556. The minimum Gasteiger partial charge on any atom is -0.477 e. The number of hydrogen-bond acceptors (Lipinski definition) is 5. The Bertz CT molecular complexity index is 369. The maximum Gasteiger partial charge on any atom is 0.352 e. The Hall–Kier alpha value is -1.05. The molecule has 0 aliphatic carbocycles. The Labute approximate surface area is 95.9 Å². The number of carbonyl (C=O) groups is 2. The molecule has 2 aliphatic rings. The van der Waals surface area contributed by atoms with Crippen molar-refractivity contribution in [3.05, 3.63) is 11.8 Å². The monoisotopic (exact) mass is 245 g/mol. The van der Waals surface area contributed by atoms with Gasteiger partial charge in [0.2, 0.25) is 0 Å². The van der Waals surface area contributed by atoms with E-state index in [1.807, 2.05) is 0 Å². The van der Waals surface area contributed by atoms with Crippen LogP contribution in [0.2, 0.25) is 0 Å². The van der Waals surface area contributed by atoms with Crippen molar-refractivity contribution >= 4 is 23.6 Å². The lowest BCUT2D eigenvalue weighted by molar-refractivity contribution is -0.162. The molecule has 88 valence electrons. The standard InChI is InChI=1S/C9H11NO5S/c1-15-6-7(12)10-5(9(13)14)2-4(3-11)16-8(6)10/h2,4,6,8,11H,3H2,1H3,(H,13,14)/t4?,6?,8-/m1/s1. The number of rotatable bonds is 3. The van der Waals surface area contributed by atoms with E-state index in [4.69, 9.17) is 14.9 Å². The lowest BCUT2D eigenvalue weighted by atomic mass is 10.1. The molecule has 2 heterocycles. The second-order valence-corrected chi connectivity index (χ2v) is 4.83. The summed E-state index contributed by atoms with van der Waals surface area (Å²) in [6, 6.07) is 0. The number of carboxylic acids is 1. The molecule has 0 saturated carbocycles. The summed E-state index contributed by atoms with van der Waals surface area (Å²) in [5.41, 5.74) is -0.0684. The minimum atomic E-state index is -1.16. The predicted octanol–water partition coefficient (Wildman–Crippen LogP) is -0.754. The highest BCUT2D eigenvalue weighted by Gasteiger charge is 2.53. The van der Waals surface area contributed by atoms with E-state index in [0.717, 1.165) is 0 Å². The number of carboxylic acid groups (broad SMARTS) is 1. The van der Waals surface area contributed by atoms with Crippen LogP contribution < -0.4 is 0 Å². The van der Waals surface area contributed by atoms with Crippen molar-refractivity contribution in [2.45, 2.75) is 16.7 Å². The van der Waals surface area contributed by atoms with Gasteiger partial charge < -0.3 is 14.9 Å². The molecule has 2 aliphatic heterocycles. The fourth-order valence-corrected chi connectivity index (χ4v) is 3.15. The lowest BCUT2D eigenvalue weighted by Gasteiger charge is -2.48. The van der Waals surface area contributed by atoms with Crippen LogP contribution in [-0.4, -0.2) is 57.4 Å². The molecule has 2 unspecified atom stereocenters.